The van der Waals surface area contributed by atoms with Crippen molar-refractivity contribution < 1.29 is 19.4 Å². The molecular weight excluding hydrogens is 254 g/mol. The fourth-order valence-corrected chi connectivity index (χ4v) is 2.31. The van der Waals surface area contributed by atoms with Gasteiger partial charge in [0.1, 0.15) is 6.04 Å². The van der Waals surface area contributed by atoms with Crippen molar-refractivity contribution in [1.29, 1.82) is 0 Å². The molecule has 1 unspecified atom stereocenters. The number of carboxylic acid groups (broad SMARTS) is 1. The molecule has 5 nitrogen and oxygen atoms in total. The number of hydrogen-bond acceptors (Lipinski definition) is 5. The van der Waals surface area contributed by atoms with E-state index in [0.717, 1.165) is 5.56 Å². The summed E-state index contributed by atoms with van der Waals surface area (Å²) in [5.74, 6) is -0.602. The highest BCUT2D eigenvalue weighted by Gasteiger charge is 2.13. The van der Waals surface area contributed by atoms with Crippen molar-refractivity contribution >= 4 is 23.7 Å². The van der Waals surface area contributed by atoms with Gasteiger partial charge in [-0.25, -0.2) is 4.79 Å². The first kappa shape index (κ1) is 14.5. The number of ether oxygens (including phenoxy) is 1. The molecule has 1 aromatic carbocycles. The van der Waals surface area contributed by atoms with Gasteiger partial charge in [0.2, 0.25) is 0 Å². The van der Waals surface area contributed by atoms with E-state index in [-0.39, 0.29) is 0 Å². The van der Waals surface area contributed by atoms with Crippen LogP contribution in [0.1, 0.15) is 15.9 Å². The van der Waals surface area contributed by atoms with Crippen LogP contribution in [0.2, 0.25) is 0 Å². The molecule has 6 heteroatoms. The van der Waals surface area contributed by atoms with Crippen LogP contribution in [0.3, 0.4) is 0 Å². The summed E-state index contributed by atoms with van der Waals surface area (Å²) in [7, 11) is 1.33. The van der Waals surface area contributed by atoms with Gasteiger partial charge in [-0.1, -0.05) is 18.2 Å². The molecule has 0 radical (unpaired) electrons. The van der Waals surface area contributed by atoms with Gasteiger partial charge in [-0.2, -0.15) is 11.8 Å². The molecule has 0 saturated carbocycles. The molecule has 0 heterocycles. The van der Waals surface area contributed by atoms with E-state index in [4.69, 9.17) is 10.8 Å². The number of rotatable bonds is 6. The van der Waals surface area contributed by atoms with E-state index in [2.05, 4.69) is 4.74 Å². The molecule has 3 N–H and O–H groups in total. The lowest BCUT2D eigenvalue weighted by Crippen LogP contribution is -2.32. The van der Waals surface area contributed by atoms with Crippen molar-refractivity contribution in [2.45, 2.75) is 11.8 Å². The summed E-state index contributed by atoms with van der Waals surface area (Å²) in [5, 5.41) is 8.65. The number of nitrogens with two attached hydrogens (primary N) is 1. The van der Waals surface area contributed by atoms with E-state index >= 15 is 0 Å². The van der Waals surface area contributed by atoms with Crippen molar-refractivity contribution in [2.75, 3.05) is 12.9 Å². The van der Waals surface area contributed by atoms with Gasteiger partial charge in [0.15, 0.2) is 0 Å². The Balaban J connectivity index is 2.62. The predicted octanol–water partition coefficient (Wildman–Crippen LogP) is 1.12. The fourth-order valence-electron chi connectivity index (χ4n) is 1.32. The first-order chi connectivity index (χ1) is 8.56. The van der Waals surface area contributed by atoms with Gasteiger partial charge in [0.25, 0.3) is 0 Å². The number of carbonyl (C=O) groups is 2. The first-order valence-electron chi connectivity index (χ1n) is 5.28. The standard InChI is InChI=1S/C12H15NO4S/c1-17-12(16)9-5-3-2-4-8(9)6-18-7-10(13)11(14)15/h2-5,10H,6-7,13H2,1H3,(H,14,15). The lowest BCUT2D eigenvalue weighted by molar-refractivity contribution is -0.137. The average Bonchev–Trinajstić information content (AvgIpc) is 2.38. The molecule has 0 aromatic heterocycles. The molecule has 1 rings (SSSR count). The second-order valence-electron chi connectivity index (χ2n) is 3.61. The van der Waals surface area contributed by atoms with Crippen molar-refractivity contribution in [3.05, 3.63) is 35.4 Å². The maximum Gasteiger partial charge on any atom is 0.338 e. The highest BCUT2D eigenvalue weighted by atomic mass is 32.2. The number of esters is 1. The van der Waals surface area contributed by atoms with Crippen LogP contribution in [0.15, 0.2) is 24.3 Å². The van der Waals surface area contributed by atoms with Gasteiger partial charge in [-0.3, -0.25) is 4.79 Å². The number of benzene rings is 1. The van der Waals surface area contributed by atoms with Gasteiger partial charge in [-0.05, 0) is 11.6 Å². The largest absolute Gasteiger partial charge is 0.480 e. The topological polar surface area (TPSA) is 89.6 Å². The van der Waals surface area contributed by atoms with E-state index in [1.54, 1.807) is 12.1 Å². The van der Waals surface area contributed by atoms with Crippen LogP contribution in [0.5, 0.6) is 0 Å². The lowest BCUT2D eigenvalue weighted by atomic mass is 10.1. The summed E-state index contributed by atoms with van der Waals surface area (Å²) >= 11 is 1.37. The molecular formula is C12H15NO4S. The Bertz CT molecular complexity index is 436. The molecule has 0 aliphatic rings. The number of aliphatic carboxylic acids is 1. The van der Waals surface area contributed by atoms with E-state index < -0.39 is 18.0 Å². The summed E-state index contributed by atoms with van der Waals surface area (Å²) in [5.41, 5.74) is 6.70. The maximum absolute atomic E-state index is 11.5. The minimum atomic E-state index is -1.02. The van der Waals surface area contributed by atoms with Crippen LogP contribution in [0, 0.1) is 0 Å². The quantitative estimate of drug-likeness (QED) is 0.752. The normalized spacial score (nSPS) is 11.9. The molecule has 98 valence electrons. The molecule has 0 aliphatic heterocycles. The van der Waals surface area contributed by atoms with Gasteiger partial charge in [0, 0.05) is 11.5 Å². The van der Waals surface area contributed by atoms with Crippen LogP contribution < -0.4 is 5.73 Å². The zero-order valence-electron chi connectivity index (χ0n) is 9.96. The van der Waals surface area contributed by atoms with Gasteiger partial charge >= 0.3 is 11.9 Å². The van der Waals surface area contributed by atoms with E-state index in [1.807, 2.05) is 12.1 Å². The monoisotopic (exact) mass is 269 g/mol. The zero-order chi connectivity index (χ0) is 13.5. The Morgan fingerprint density at radius 3 is 2.72 bits per heavy atom. The second kappa shape index (κ2) is 7.03. The smallest absolute Gasteiger partial charge is 0.338 e. The molecule has 0 fully saturated rings. The van der Waals surface area contributed by atoms with Gasteiger partial charge in [-0.15, -0.1) is 0 Å². The summed E-state index contributed by atoms with van der Waals surface area (Å²) in [6.45, 7) is 0. The molecule has 0 spiro atoms. The number of hydrogen-bond donors (Lipinski definition) is 2. The van der Waals surface area contributed by atoms with E-state index in [1.165, 1.54) is 18.9 Å². The molecule has 18 heavy (non-hydrogen) atoms. The summed E-state index contributed by atoms with van der Waals surface area (Å²) < 4.78 is 4.68. The summed E-state index contributed by atoms with van der Waals surface area (Å²) in [6, 6.07) is 6.17. The zero-order valence-corrected chi connectivity index (χ0v) is 10.8. The molecule has 1 aromatic rings. The fraction of sp³-hybridized carbons (Fsp3) is 0.333. The Labute approximate surface area is 109 Å². The number of methoxy groups -OCH3 is 1. The Morgan fingerprint density at radius 1 is 1.44 bits per heavy atom. The van der Waals surface area contributed by atoms with Crippen LogP contribution >= 0.6 is 11.8 Å². The minimum Gasteiger partial charge on any atom is -0.480 e. The van der Waals surface area contributed by atoms with Crippen LogP contribution in [0.4, 0.5) is 0 Å². The number of thioether (sulfide) groups is 1. The van der Waals surface area contributed by atoms with Gasteiger partial charge < -0.3 is 15.6 Å². The van der Waals surface area contributed by atoms with Crippen molar-refractivity contribution in [1.82, 2.24) is 0 Å². The summed E-state index contributed by atoms with van der Waals surface area (Å²) in [6.07, 6.45) is 0. The van der Waals surface area contributed by atoms with Crippen LogP contribution in [-0.4, -0.2) is 35.9 Å². The third kappa shape index (κ3) is 4.05. The van der Waals surface area contributed by atoms with Crippen LogP contribution in [0.25, 0.3) is 0 Å². The Hall–Kier alpha value is -1.53. The van der Waals surface area contributed by atoms with Gasteiger partial charge in [0.05, 0.1) is 12.7 Å². The second-order valence-corrected chi connectivity index (χ2v) is 4.64. The van der Waals surface area contributed by atoms with Crippen molar-refractivity contribution in [3.63, 3.8) is 0 Å². The highest BCUT2D eigenvalue weighted by molar-refractivity contribution is 7.98. The van der Waals surface area contributed by atoms with E-state index in [9.17, 15) is 9.59 Å². The molecule has 0 bridgehead atoms. The number of carboxylic acids is 1. The van der Waals surface area contributed by atoms with Crippen molar-refractivity contribution in [3.8, 4) is 0 Å². The highest BCUT2D eigenvalue weighted by Crippen LogP contribution is 2.17. The Kier molecular flexibility index (Phi) is 5.67. The SMILES string of the molecule is COC(=O)c1ccccc1CSCC(N)C(=O)O. The molecule has 0 aliphatic carbocycles. The molecule has 1 atom stereocenters. The predicted molar refractivity (Wildman–Crippen MR) is 69.6 cm³/mol. The van der Waals surface area contributed by atoms with Crippen molar-refractivity contribution in [2.24, 2.45) is 5.73 Å². The van der Waals surface area contributed by atoms with E-state index in [0.29, 0.717) is 17.1 Å². The minimum absolute atomic E-state index is 0.296. The first-order valence-corrected chi connectivity index (χ1v) is 6.44. The third-order valence-electron chi connectivity index (χ3n) is 2.29. The maximum atomic E-state index is 11.5. The van der Waals surface area contributed by atoms with Crippen LogP contribution in [-0.2, 0) is 15.3 Å². The lowest BCUT2D eigenvalue weighted by Gasteiger charge is -2.09. The average molecular weight is 269 g/mol. The Morgan fingerprint density at radius 2 is 2.11 bits per heavy atom. The number of carbonyl (C=O) groups excluding carboxylic acids is 1. The third-order valence-corrected chi connectivity index (χ3v) is 3.40. The summed E-state index contributed by atoms with van der Waals surface area (Å²) in [4.78, 5) is 22.0. The molecule has 0 amide bonds. The molecule has 0 saturated heterocycles.